The Bertz CT molecular complexity index is 1610. The monoisotopic (exact) mass is 528 g/mol. The van der Waals surface area contributed by atoms with Crippen molar-refractivity contribution in [1.29, 1.82) is 0 Å². The van der Waals surface area contributed by atoms with Gasteiger partial charge in [-0.3, -0.25) is 9.69 Å². The molecule has 9 heteroatoms. The smallest absolute Gasteiger partial charge is 0.252 e. The summed E-state index contributed by atoms with van der Waals surface area (Å²) in [7, 11) is 0. The van der Waals surface area contributed by atoms with Crippen LogP contribution in [0.15, 0.2) is 77.6 Å². The molecule has 0 aliphatic heterocycles. The van der Waals surface area contributed by atoms with Gasteiger partial charge in [0, 0.05) is 24.2 Å². The Morgan fingerprint density at radius 3 is 2.21 bits per heavy atom. The molecular weight excluding hydrogens is 498 g/mol. The molecule has 0 radical (unpaired) electrons. The van der Waals surface area contributed by atoms with Crippen LogP contribution in [0.5, 0.6) is 0 Å². The molecule has 0 bridgehead atoms. The normalized spacial score (nSPS) is 12.3. The van der Waals surface area contributed by atoms with Crippen molar-refractivity contribution in [1.82, 2.24) is 30.1 Å². The van der Waals surface area contributed by atoms with Gasteiger partial charge in [-0.25, -0.2) is 13.5 Å². The number of halogens is 2. The minimum atomic E-state index is -0.307. The van der Waals surface area contributed by atoms with Gasteiger partial charge < -0.3 is 4.98 Å². The number of hydrogen-bond donors (Lipinski definition) is 1. The lowest BCUT2D eigenvalue weighted by Gasteiger charge is -2.30. The van der Waals surface area contributed by atoms with E-state index < -0.39 is 0 Å². The van der Waals surface area contributed by atoms with Gasteiger partial charge in [-0.05, 0) is 87.8 Å². The highest BCUT2D eigenvalue weighted by atomic mass is 19.1. The Balaban J connectivity index is 1.52. The van der Waals surface area contributed by atoms with Crippen LogP contribution in [0, 0.1) is 11.6 Å². The van der Waals surface area contributed by atoms with Crippen molar-refractivity contribution < 1.29 is 8.78 Å². The van der Waals surface area contributed by atoms with Crippen LogP contribution in [0.3, 0.4) is 0 Å². The topological polar surface area (TPSA) is 79.7 Å². The second kappa shape index (κ2) is 11.7. The summed E-state index contributed by atoms with van der Waals surface area (Å²) < 4.78 is 28.8. The number of benzene rings is 3. The SMILES string of the molecule is CCc1ccc2[nH]c(=O)c(CN(Cc3ccc(F)cc3)[C@@H](CC)c3nnnn3Cc3ccc(F)cc3)cc2c1. The summed E-state index contributed by atoms with van der Waals surface area (Å²) in [6.07, 6.45) is 1.56. The van der Waals surface area contributed by atoms with E-state index in [1.54, 1.807) is 28.9 Å². The Morgan fingerprint density at radius 2 is 1.54 bits per heavy atom. The molecule has 0 amide bonds. The summed E-state index contributed by atoms with van der Waals surface area (Å²) in [6, 6.07) is 20.3. The van der Waals surface area contributed by atoms with Crippen molar-refractivity contribution in [3.63, 3.8) is 0 Å². The van der Waals surface area contributed by atoms with Crippen molar-refractivity contribution in [2.45, 2.75) is 52.4 Å². The van der Waals surface area contributed by atoms with E-state index in [9.17, 15) is 13.6 Å². The summed E-state index contributed by atoms with van der Waals surface area (Å²) in [6.45, 7) is 5.30. The van der Waals surface area contributed by atoms with Gasteiger partial charge in [-0.15, -0.1) is 5.10 Å². The van der Waals surface area contributed by atoms with Crippen molar-refractivity contribution in [3.8, 4) is 0 Å². The first-order valence-electron chi connectivity index (χ1n) is 13.1. The minimum Gasteiger partial charge on any atom is -0.322 e. The Hall–Kier alpha value is -4.24. The predicted octanol–water partition coefficient (Wildman–Crippen LogP) is 5.56. The zero-order valence-corrected chi connectivity index (χ0v) is 21.9. The van der Waals surface area contributed by atoms with E-state index in [4.69, 9.17) is 0 Å². The van der Waals surface area contributed by atoms with E-state index in [0.29, 0.717) is 37.4 Å². The van der Waals surface area contributed by atoms with Gasteiger partial charge in [0.15, 0.2) is 5.82 Å². The lowest BCUT2D eigenvalue weighted by Crippen LogP contribution is -2.32. The molecule has 5 rings (SSSR count). The second-order valence-corrected chi connectivity index (χ2v) is 9.68. The maximum Gasteiger partial charge on any atom is 0.252 e. The fourth-order valence-corrected chi connectivity index (χ4v) is 4.89. The first kappa shape index (κ1) is 26.4. The van der Waals surface area contributed by atoms with E-state index in [-0.39, 0.29) is 23.2 Å². The van der Waals surface area contributed by atoms with E-state index >= 15 is 0 Å². The number of aryl methyl sites for hydroxylation is 1. The number of H-pyrrole nitrogens is 1. The van der Waals surface area contributed by atoms with Crippen LogP contribution >= 0.6 is 0 Å². The maximum atomic E-state index is 13.7. The first-order chi connectivity index (χ1) is 18.9. The fraction of sp³-hybridized carbons (Fsp3) is 0.267. The van der Waals surface area contributed by atoms with Crippen LogP contribution in [0.25, 0.3) is 10.9 Å². The van der Waals surface area contributed by atoms with Crippen molar-refractivity contribution in [3.05, 3.63) is 123 Å². The van der Waals surface area contributed by atoms with Crippen LogP contribution in [-0.4, -0.2) is 30.1 Å². The number of nitrogens with one attached hydrogen (secondary N) is 1. The van der Waals surface area contributed by atoms with Crippen molar-refractivity contribution >= 4 is 10.9 Å². The number of aromatic nitrogens is 5. The molecule has 0 fully saturated rings. The standard InChI is InChI=1S/C30H30F2N6O/c1-3-20-9-14-27-23(15-20)16-24(30(39)33-27)19-37(17-21-5-10-25(31)11-6-21)28(4-2)29-34-35-36-38(29)18-22-7-12-26(32)13-8-22/h5-16,28H,3-4,17-19H2,1-2H3,(H,33,39)/t28-/m0/s1. The molecule has 0 aliphatic rings. The number of pyridine rings is 1. The molecular formula is C30H30F2N6O. The van der Waals surface area contributed by atoms with Gasteiger partial charge in [-0.2, -0.15) is 0 Å². The molecule has 2 heterocycles. The average Bonchev–Trinajstić information content (AvgIpc) is 3.39. The molecule has 5 aromatic rings. The minimum absolute atomic E-state index is 0.156. The molecule has 2 aromatic heterocycles. The Kier molecular flexibility index (Phi) is 7.88. The predicted molar refractivity (Wildman–Crippen MR) is 146 cm³/mol. The highest BCUT2D eigenvalue weighted by Crippen LogP contribution is 2.27. The van der Waals surface area contributed by atoms with Gasteiger partial charge in [0.25, 0.3) is 5.56 Å². The van der Waals surface area contributed by atoms with Crippen LogP contribution in [0.4, 0.5) is 8.78 Å². The summed E-state index contributed by atoms with van der Waals surface area (Å²) in [4.78, 5) is 18.3. The lowest BCUT2D eigenvalue weighted by atomic mass is 10.1. The molecule has 0 unspecified atom stereocenters. The van der Waals surface area contributed by atoms with E-state index in [2.05, 4.69) is 38.4 Å². The van der Waals surface area contributed by atoms with Crippen LogP contribution in [0.2, 0.25) is 0 Å². The zero-order chi connectivity index (χ0) is 27.4. The molecule has 3 aromatic carbocycles. The maximum absolute atomic E-state index is 13.7. The van der Waals surface area contributed by atoms with Gasteiger partial charge in [0.1, 0.15) is 11.6 Å². The zero-order valence-electron chi connectivity index (χ0n) is 21.9. The summed E-state index contributed by atoms with van der Waals surface area (Å²) in [5, 5.41) is 13.5. The Morgan fingerprint density at radius 1 is 0.872 bits per heavy atom. The number of nitrogens with zero attached hydrogens (tertiary/aromatic N) is 5. The van der Waals surface area contributed by atoms with Crippen LogP contribution in [0.1, 0.15) is 54.4 Å². The second-order valence-electron chi connectivity index (χ2n) is 9.68. The third kappa shape index (κ3) is 6.09. The first-order valence-corrected chi connectivity index (χ1v) is 13.1. The quantitative estimate of drug-likeness (QED) is 0.257. The third-order valence-electron chi connectivity index (χ3n) is 7.00. The molecule has 200 valence electrons. The molecule has 7 nitrogen and oxygen atoms in total. The fourth-order valence-electron chi connectivity index (χ4n) is 4.89. The summed E-state index contributed by atoms with van der Waals surface area (Å²) in [5.74, 6) is 0.0203. The van der Waals surface area contributed by atoms with Gasteiger partial charge >= 0.3 is 0 Å². The highest BCUT2D eigenvalue weighted by Gasteiger charge is 2.26. The largest absolute Gasteiger partial charge is 0.322 e. The highest BCUT2D eigenvalue weighted by molar-refractivity contribution is 5.79. The van der Waals surface area contributed by atoms with Crippen LogP contribution < -0.4 is 5.56 Å². The third-order valence-corrected chi connectivity index (χ3v) is 7.00. The van der Waals surface area contributed by atoms with Gasteiger partial charge in [0.2, 0.25) is 0 Å². The van der Waals surface area contributed by atoms with Gasteiger partial charge in [0.05, 0.1) is 12.6 Å². The molecule has 0 spiro atoms. The molecule has 0 saturated heterocycles. The van der Waals surface area contributed by atoms with Gasteiger partial charge in [-0.1, -0.05) is 44.2 Å². The van der Waals surface area contributed by atoms with E-state index in [0.717, 1.165) is 28.5 Å². The van der Waals surface area contributed by atoms with E-state index in [1.165, 1.54) is 29.8 Å². The molecule has 0 aliphatic carbocycles. The van der Waals surface area contributed by atoms with Crippen LogP contribution in [-0.2, 0) is 26.1 Å². The number of rotatable bonds is 10. The number of hydrogen-bond acceptors (Lipinski definition) is 5. The van der Waals surface area contributed by atoms with Crippen molar-refractivity contribution in [2.24, 2.45) is 0 Å². The molecule has 1 atom stereocenters. The average molecular weight is 529 g/mol. The number of aromatic amines is 1. The number of fused-ring (bicyclic) bond motifs is 1. The van der Waals surface area contributed by atoms with Crippen molar-refractivity contribution in [2.75, 3.05) is 0 Å². The molecule has 0 saturated carbocycles. The molecule has 1 N–H and O–H groups in total. The Labute approximate surface area is 225 Å². The molecule has 39 heavy (non-hydrogen) atoms. The van der Waals surface area contributed by atoms with E-state index in [1.807, 2.05) is 25.1 Å². The number of tetrazole rings is 1. The lowest BCUT2D eigenvalue weighted by molar-refractivity contribution is 0.161. The summed E-state index contributed by atoms with van der Waals surface area (Å²) in [5.41, 5.74) is 4.21. The summed E-state index contributed by atoms with van der Waals surface area (Å²) >= 11 is 0.